The van der Waals surface area contributed by atoms with Crippen LogP contribution in [0.25, 0.3) is 0 Å². The number of para-hydroxylation sites is 1. The first-order valence-electron chi connectivity index (χ1n) is 8.40. The first-order chi connectivity index (χ1) is 13.2. The number of anilines is 2. The van der Waals surface area contributed by atoms with Gasteiger partial charge in [0.2, 0.25) is 5.91 Å². The van der Waals surface area contributed by atoms with Gasteiger partial charge in [-0.1, -0.05) is 30.3 Å². The first kappa shape index (κ1) is 21.2. The molecule has 2 aromatic carbocycles. The Kier molecular flexibility index (Phi) is 7.39. The minimum Gasteiger partial charge on any atom is -0.362 e. The van der Waals surface area contributed by atoms with Crippen LogP contribution < -0.4 is 16.0 Å². The number of hydrogen-bond acceptors (Lipinski definition) is 3. The van der Waals surface area contributed by atoms with Crippen LogP contribution in [0.5, 0.6) is 0 Å². The standard InChI is InChI=1S/C19H20F3N3O3/c1-13(23-17(26)11-28-12-19(20,21)22)14-7-9-16(10-8-14)25-18(27)24-15-5-3-2-4-6-15/h2-10,13H,11-12H2,1H3,(H,23,26)(H2,24,25,27). The number of urea groups is 1. The highest BCUT2D eigenvalue weighted by molar-refractivity contribution is 5.99. The van der Waals surface area contributed by atoms with E-state index in [0.29, 0.717) is 11.4 Å². The third kappa shape index (κ3) is 7.67. The van der Waals surface area contributed by atoms with Gasteiger partial charge < -0.3 is 20.7 Å². The molecule has 0 saturated heterocycles. The van der Waals surface area contributed by atoms with Crippen LogP contribution in [0.3, 0.4) is 0 Å². The monoisotopic (exact) mass is 395 g/mol. The molecule has 3 N–H and O–H groups in total. The number of benzene rings is 2. The Morgan fingerprint density at radius 3 is 2.11 bits per heavy atom. The molecule has 1 atom stereocenters. The number of carbonyl (C=O) groups excluding carboxylic acids is 2. The second kappa shape index (κ2) is 9.75. The summed E-state index contributed by atoms with van der Waals surface area (Å²) in [5.74, 6) is -0.652. The zero-order chi connectivity index (χ0) is 20.6. The zero-order valence-electron chi connectivity index (χ0n) is 15.0. The fraction of sp³-hybridized carbons (Fsp3) is 0.263. The van der Waals surface area contributed by atoms with E-state index in [-0.39, 0.29) is 0 Å². The third-order valence-corrected chi connectivity index (χ3v) is 3.58. The van der Waals surface area contributed by atoms with Gasteiger partial charge in [0.05, 0.1) is 6.04 Å². The van der Waals surface area contributed by atoms with E-state index in [9.17, 15) is 22.8 Å². The molecule has 0 saturated carbocycles. The molecule has 150 valence electrons. The highest BCUT2D eigenvalue weighted by atomic mass is 19.4. The van der Waals surface area contributed by atoms with Crippen LogP contribution >= 0.6 is 0 Å². The van der Waals surface area contributed by atoms with Crippen LogP contribution in [0.15, 0.2) is 54.6 Å². The van der Waals surface area contributed by atoms with Gasteiger partial charge in [-0.2, -0.15) is 13.2 Å². The van der Waals surface area contributed by atoms with E-state index >= 15 is 0 Å². The quantitative estimate of drug-likeness (QED) is 0.661. The number of ether oxygens (including phenoxy) is 1. The second-order valence-corrected chi connectivity index (χ2v) is 5.96. The molecule has 1 unspecified atom stereocenters. The summed E-state index contributed by atoms with van der Waals surface area (Å²) in [5, 5.41) is 7.90. The maximum Gasteiger partial charge on any atom is 0.411 e. The van der Waals surface area contributed by atoms with Crippen molar-refractivity contribution < 1.29 is 27.5 Å². The van der Waals surface area contributed by atoms with E-state index in [1.165, 1.54) is 0 Å². The molecule has 9 heteroatoms. The van der Waals surface area contributed by atoms with E-state index in [1.54, 1.807) is 55.5 Å². The SMILES string of the molecule is CC(NC(=O)COCC(F)(F)F)c1ccc(NC(=O)Nc2ccccc2)cc1. The molecule has 0 aromatic heterocycles. The second-order valence-electron chi connectivity index (χ2n) is 5.96. The number of rotatable bonds is 7. The number of alkyl halides is 3. The van der Waals surface area contributed by atoms with E-state index in [1.807, 2.05) is 6.07 Å². The molecule has 0 heterocycles. The van der Waals surface area contributed by atoms with Crippen molar-refractivity contribution in [1.29, 1.82) is 0 Å². The summed E-state index contributed by atoms with van der Waals surface area (Å²) in [6.07, 6.45) is -4.47. The van der Waals surface area contributed by atoms with Crippen LogP contribution in [-0.2, 0) is 9.53 Å². The van der Waals surface area contributed by atoms with Crippen molar-refractivity contribution in [2.45, 2.75) is 19.1 Å². The summed E-state index contributed by atoms with van der Waals surface area (Å²) < 4.78 is 40.3. The zero-order valence-corrected chi connectivity index (χ0v) is 15.0. The summed E-state index contributed by atoms with van der Waals surface area (Å²) in [4.78, 5) is 23.6. The van der Waals surface area contributed by atoms with Crippen LogP contribution in [0.4, 0.5) is 29.3 Å². The molecule has 3 amide bonds. The minimum atomic E-state index is -4.47. The van der Waals surface area contributed by atoms with Gasteiger partial charge in [-0.05, 0) is 36.8 Å². The molecule has 28 heavy (non-hydrogen) atoms. The largest absolute Gasteiger partial charge is 0.411 e. The lowest BCUT2D eigenvalue weighted by Crippen LogP contribution is -2.31. The van der Waals surface area contributed by atoms with E-state index in [2.05, 4.69) is 20.7 Å². The average molecular weight is 395 g/mol. The summed E-state index contributed by atoms with van der Waals surface area (Å²) >= 11 is 0. The van der Waals surface area contributed by atoms with Crippen molar-refractivity contribution in [2.75, 3.05) is 23.8 Å². The highest BCUT2D eigenvalue weighted by Gasteiger charge is 2.27. The lowest BCUT2D eigenvalue weighted by Gasteiger charge is -2.15. The smallest absolute Gasteiger partial charge is 0.362 e. The summed E-state index contributed by atoms with van der Waals surface area (Å²) in [6, 6.07) is 14.8. The Bertz CT molecular complexity index is 781. The van der Waals surface area contributed by atoms with Crippen molar-refractivity contribution >= 4 is 23.3 Å². The van der Waals surface area contributed by atoms with Gasteiger partial charge in [-0.15, -0.1) is 0 Å². The van der Waals surface area contributed by atoms with Gasteiger partial charge >= 0.3 is 12.2 Å². The Morgan fingerprint density at radius 2 is 1.54 bits per heavy atom. The van der Waals surface area contributed by atoms with Crippen molar-refractivity contribution in [2.24, 2.45) is 0 Å². The Labute approximate surface area is 160 Å². The normalized spacial score (nSPS) is 12.1. The average Bonchev–Trinajstić information content (AvgIpc) is 2.62. The first-order valence-corrected chi connectivity index (χ1v) is 8.40. The topological polar surface area (TPSA) is 79.5 Å². The fourth-order valence-electron chi connectivity index (χ4n) is 2.30. The molecular formula is C19H20F3N3O3. The molecule has 0 spiro atoms. The Balaban J connectivity index is 1.80. The van der Waals surface area contributed by atoms with Crippen molar-refractivity contribution in [1.82, 2.24) is 5.32 Å². The molecular weight excluding hydrogens is 375 g/mol. The predicted molar refractivity (Wildman–Crippen MR) is 99.0 cm³/mol. The molecule has 6 nitrogen and oxygen atoms in total. The Hall–Kier alpha value is -3.07. The summed E-state index contributed by atoms with van der Waals surface area (Å²) in [6.45, 7) is -0.463. The number of amides is 3. The number of nitrogens with one attached hydrogen (secondary N) is 3. The molecule has 0 aliphatic rings. The molecule has 0 bridgehead atoms. The summed E-state index contributed by atoms with van der Waals surface area (Å²) in [7, 11) is 0. The number of hydrogen-bond donors (Lipinski definition) is 3. The van der Waals surface area contributed by atoms with Gasteiger partial charge in [0, 0.05) is 11.4 Å². The molecule has 0 aliphatic carbocycles. The molecule has 0 fully saturated rings. The van der Waals surface area contributed by atoms with E-state index in [0.717, 1.165) is 5.56 Å². The van der Waals surface area contributed by atoms with Crippen LogP contribution in [0, 0.1) is 0 Å². The molecule has 0 radical (unpaired) electrons. The lowest BCUT2D eigenvalue weighted by molar-refractivity contribution is -0.175. The van der Waals surface area contributed by atoms with Crippen LogP contribution in [-0.4, -0.2) is 31.3 Å². The predicted octanol–water partition coefficient (Wildman–Crippen LogP) is 4.09. The molecule has 2 aromatic rings. The van der Waals surface area contributed by atoms with Gasteiger partial charge in [-0.25, -0.2) is 4.79 Å². The van der Waals surface area contributed by atoms with Gasteiger partial charge in [-0.3, -0.25) is 4.79 Å². The van der Waals surface area contributed by atoms with Crippen molar-refractivity contribution in [3.8, 4) is 0 Å². The van der Waals surface area contributed by atoms with E-state index < -0.39 is 37.4 Å². The number of halogens is 3. The van der Waals surface area contributed by atoms with Gasteiger partial charge in [0.1, 0.15) is 13.2 Å². The minimum absolute atomic E-state index is 0.401. The van der Waals surface area contributed by atoms with E-state index in [4.69, 9.17) is 0 Å². The molecule has 0 aliphatic heterocycles. The third-order valence-electron chi connectivity index (χ3n) is 3.58. The van der Waals surface area contributed by atoms with Gasteiger partial charge in [0.15, 0.2) is 0 Å². The molecule has 2 rings (SSSR count). The van der Waals surface area contributed by atoms with Crippen LogP contribution in [0.1, 0.15) is 18.5 Å². The number of carbonyl (C=O) groups is 2. The van der Waals surface area contributed by atoms with Gasteiger partial charge in [0.25, 0.3) is 0 Å². The summed E-state index contributed by atoms with van der Waals surface area (Å²) in [5.41, 5.74) is 1.92. The highest BCUT2D eigenvalue weighted by Crippen LogP contribution is 2.17. The maximum atomic E-state index is 12.0. The maximum absolute atomic E-state index is 12.0. The Morgan fingerprint density at radius 1 is 0.964 bits per heavy atom. The van der Waals surface area contributed by atoms with Crippen molar-refractivity contribution in [3.63, 3.8) is 0 Å². The fourth-order valence-corrected chi connectivity index (χ4v) is 2.30. The lowest BCUT2D eigenvalue weighted by atomic mass is 10.1. The van der Waals surface area contributed by atoms with Crippen LogP contribution in [0.2, 0.25) is 0 Å². The van der Waals surface area contributed by atoms with Crippen molar-refractivity contribution in [3.05, 3.63) is 60.2 Å².